The summed E-state index contributed by atoms with van der Waals surface area (Å²) in [6.45, 7) is 3.34. The van der Waals surface area contributed by atoms with Crippen LogP contribution in [-0.2, 0) is 9.59 Å². The highest BCUT2D eigenvalue weighted by Gasteiger charge is 2.34. The SMILES string of the molecule is CNC[C@H](C)CC1(CCCC(=O)CC(=O)/C=C/c2ccc(O)c(OC)c2)CCCC1. The first-order valence-electron chi connectivity index (χ1n) is 11.1. The second-order valence-electron chi connectivity index (χ2n) is 8.87. The third kappa shape index (κ3) is 7.60. The molecule has 1 aromatic carbocycles. The highest BCUT2D eigenvalue weighted by Crippen LogP contribution is 2.46. The van der Waals surface area contributed by atoms with Crippen LogP contribution in [-0.4, -0.2) is 37.4 Å². The lowest BCUT2D eigenvalue weighted by molar-refractivity contribution is -0.124. The summed E-state index contributed by atoms with van der Waals surface area (Å²) in [6.07, 6.45) is 11.8. The second-order valence-corrected chi connectivity index (χ2v) is 8.87. The zero-order valence-corrected chi connectivity index (χ0v) is 18.7. The van der Waals surface area contributed by atoms with Crippen LogP contribution < -0.4 is 10.1 Å². The maximum absolute atomic E-state index is 12.3. The lowest BCUT2D eigenvalue weighted by Gasteiger charge is -2.32. The van der Waals surface area contributed by atoms with Gasteiger partial charge in [-0.15, -0.1) is 0 Å². The van der Waals surface area contributed by atoms with E-state index in [4.69, 9.17) is 4.74 Å². The summed E-state index contributed by atoms with van der Waals surface area (Å²) in [7, 11) is 3.48. The summed E-state index contributed by atoms with van der Waals surface area (Å²) in [5.41, 5.74) is 1.13. The van der Waals surface area contributed by atoms with E-state index in [-0.39, 0.29) is 23.7 Å². The van der Waals surface area contributed by atoms with Gasteiger partial charge >= 0.3 is 0 Å². The predicted molar refractivity (Wildman–Crippen MR) is 121 cm³/mol. The van der Waals surface area contributed by atoms with Gasteiger partial charge in [0, 0.05) is 6.42 Å². The maximum Gasteiger partial charge on any atom is 0.163 e. The Kier molecular flexibility index (Phi) is 9.57. The van der Waals surface area contributed by atoms with Gasteiger partial charge in [0.15, 0.2) is 17.3 Å². The van der Waals surface area contributed by atoms with Gasteiger partial charge in [-0.05, 0) is 80.8 Å². The molecule has 0 aromatic heterocycles. The van der Waals surface area contributed by atoms with E-state index in [1.165, 1.54) is 51.4 Å². The molecular weight excluding hydrogens is 378 g/mol. The topological polar surface area (TPSA) is 75.6 Å². The number of rotatable bonds is 13. The van der Waals surface area contributed by atoms with Crippen LogP contribution in [0.1, 0.15) is 70.3 Å². The number of ketones is 2. The molecule has 0 bridgehead atoms. The van der Waals surface area contributed by atoms with Gasteiger partial charge in [0.2, 0.25) is 0 Å². The van der Waals surface area contributed by atoms with Gasteiger partial charge in [0.05, 0.1) is 13.5 Å². The molecule has 0 amide bonds. The predicted octanol–water partition coefficient (Wildman–Crippen LogP) is 4.92. The summed E-state index contributed by atoms with van der Waals surface area (Å²) in [5, 5.41) is 12.9. The molecular formula is C25H37NO4. The third-order valence-electron chi connectivity index (χ3n) is 6.20. The molecule has 30 heavy (non-hydrogen) atoms. The van der Waals surface area contributed by atoms with Crippen LogP contribution in [0.5, 0.6) is 11.5 Å². The van der Waals surface area contributed by atoms with Gasteiger partial charge in [-0.2, -0.15) is 0 Å². The molecule has 5 nitrogen and oxygen atoms in total. The molecule has 1 atom stereocenters. The molecule has 0 aliphatic heterocycles. The number of carbonyl (C=O) groups excluding carboxylic acids is 2. The van der Waals surface area contributed by atoms with E-state index in [9.17, 15) is 14.7 Å². The number of hydrogen-bond acceptors (Lipinski definition) is 5. The number of aromatic hydroxyl groups is 1. The Hall–Kier alpha value is -2.14. The minimum atomic E-state index is -0.190. The molecule has 2 rings (SSSR count). The molecule has 1 fully saturated rings. The first kappa shape index (κ1) is 24.1. The van der Waals surface area contributed by atoms with E-state index < -0.39 is 0 Å². The van der Waals surface area contributed by atoms with E-state index in [1.54, 1.807) is 18.2 Å². The molecule has 0 spiro atoms. The molecule has 166 valence electrons. The maximum atomic E-state index is 12.3. The van der Waals surface area contributed by atoms with Gasteiger partial charge in [-0.3, -0.25) is 9.59 Å². The van der Waals surface area contributed by atoms with Crippen molar-refractivity contribution in [3.63, 3.8) is 0 Å². The molecule has 0 unspecified atom stereocenters. The highest BCUT2D eigenvalue weighted by molar-refractivity contribution is 6.06. The van der Waals surface area contributed by atoms with Crippen molar-refractivity contribution in [3.8, 4) is 11.5 Å². The van der Waals surface area contributed by atoms with Gasteiger partial charge in [0.25, 0.3) is 0 Å². The molecule has 1 aliphatic rings. The molecule has 1 aliphatic carbocycles. The Morgan fingerprint density at radius 3 is 2.70 bits per heavy atom. The lowest BCUT2D eigenvalue weighted by atomic mass is 9.74. The molecule has 0 radical (unpaired) electrons. The van der Waals surface area contributed by atoms with E-state index in [1.807, 2.05) is 7.05 Å². The molecule has 0 heterocycles. The number of phenolic OH excluding ortho intramolecular Hbond substituents is 1. The smallest absolute Gasteiger partial charge is 0.163 e. The van der Waals surface area contributed by atoms with Gasteiger partial charge in [-0.25, -0.2) is 0 Å². The normalized spacial score (nSPS) is 16.6. The van der Waals surface area contributed by atoms with Crippen molar-refractivity contribution >= 4 is 17.6 Å². The zero-order chi connectivity index (χ0) is 22.0. The average Bonchev–Trinajstić information content (AvgIpc) is 3.15. The van der Waals surface area contributed by atoms with Crippen LogP contribution >= 0.6 is 0 Å². The Bertz CT molecular complexity index is 735. The second kappa shape index (κ2) is 11.9. The molecule has 1 saturated carbocycles. The van der Waals surface area contributed by atoms with Crippen molar-refractivity contribution in [3.05, 3.63) is 29.8 Å². The van der Waals surface area contributed by atoms with E-state index in [0.29, 0.717) is 23.5 Å². The Balaban J connectivity index is 1.78. The first-order chi connectivity index (χ1) is 14.4. The molecule has 2 N–H and O–H groups in total. The number of hydrogen-bond donors (Lipinski definition) is 2. The van der Waals surface area contributed by atoms with Crippen LogP contribution in [0.25, 0.3) is 6.08 Å². The Morgan fingerprint density at radius 2 is 2.03 bits per heavy atom. The van der Waals surface area contributed by atoms with Crippen LogP contribution in [0.3, 0.4) is 0 Å². The van der Waals surface area contributed by atoms with Crippen molar-refractivity contribution in [1.82, 2.24) is 5.32 Å². The minimum absolute atomic E-state index is 0.0179. The van der Waals surface area contributed by atoms with Crippen LogP contribution in [0, 0.1) is 11.3 Å². The largest absolute Gasteiger partial charge is 0.504 e. The van der Waals surface area contributed by atoms with Gasteiger partial charge in [-0.1, -0.05) is 31.9 Å². The summed E-state index contributed by atoms with van der Waals surface area (Å²) >= 11 is 0. The number of phenols is 1. The van der Waals surface area contributed by atoms with Crippen molar-refractivity contribution in [2.75, 3.05) is 20.7 Å². The highest BCUT2D eigenvalue weighted by atomic mass is 16.5. The summed E-state index contributed by atoms with van der Waals surface area (Å²) in [4.78, 5) is 24.4. The number of ether oxygens (including phenoxy) is 1. The summed E-state index contributed by atoms with van der Waals surface area (Å²) in [5.74, 6) is 0.880. The quantitative estimate of drug-likeness (QED) is 0.353. The third-order valence-corrected chi connectivity index (χ3v) is 6.20. The van der Waals surface area contributed by atoms with E-state index >= 15 is 0 Å². The van der Waals surface area contributed by atoms with Gasteiger partial charge in [0.1, 0.15) is 5.78 Å². The van der Waals surface area contributed by atoms with Crippen LogP contribution in [0.2, 0.25) is 0 Å². The number of nitrogens with one attached hydrogen (secondary N) is 1. The van der Waals surface area contributed by atoms with Crippen molar-refractivity contribution in [2.24, 2.45) is 11.3 Å². The van der Waals surface area contributed by atoms with Gasteiger partial charge < -0.3 is 15.2 Å². The molecule has 5 heteroatoms. The van der Waals surface area contributed by atoms with Crippen molar-refractivity contribution < 1.29 is 19.4 Å². The fourth-order valence-corrected chi connectivity index (χ4v) is 4.83. The van der Waals surface area contributed by atoms with Crippen molar-refractivity contribution in [1.29, 1.82) is 0 Å². The Morgan fingerprint density at radius 1 is 1.30 bits per heavy atom. The number of methoxy groups -OCH3 is 1. The number of allylic oxidation sites excluding steroid dienone is 1. The van der Waals surface area contributed by atoms with Crippen LogP contribution in [0.4, 0.5) is 0 Å². The number of carbonyl (C=O) groups is 2. The molecule has 1 aromatic rings. The summed E-state index contributed by atoms with van der Waals surface area (Å²) in [6, 6.07) is 4.86. The lowest BCUT2D eigenvalue weighted by Crippen LogP contribution is -2.25. The average molecular weight is 416 g/mol. The fraction of sp³-hybridized carbons (Fsp3) is 0.600. The minimum Gasteiger partial charge on any atom is -0.504 e. The first-order valence-corrected chi connectivity index (χ1v) is 11.1. The van der Waals surface area contributed by atoms with Crippen molar-refractivity contribution in [2.45, 2.75) is 64.7 Å². The van der Waals surface area contributed by atoms with E-state index in [0.717, 1.165) is 24.9 Å². The van der Waals surface area contributed by atoms with E-state index in [2.05, 4.69) is 12.2 Å². The zero-order valence-electron chi connectivity index (χ0n) is 18.7. The summed E-state index contributed by atoms with van der Waals surface area (Å²) < 4.78 is 5.06. The number of benzene rings is 1. The molecule has 0 saturated heterocycles. The van der Waals surface area contributed by atoms with Crippen LogP contribution in [0.15, 0.2) is 24.3 Å². The Labute approximate surface area is 180 Å². The number of Topliss-reactive ketones (excluding diaryl/α,β-unsaturated/α-hetero) is 1. The fourth-order valence-electron chi connectivity index (χ4n) is 4.83. The standard InChI is InChI=1S/C25H37NO4/c1-19(18-26-2)17-25(12-4-5-13-25)14-6-7-21(27)16-22(28)10-8-20-9-11-23(29)24(15-20)30-3/h8-11,15,19,26,29H,4-7,12-14,16-18H2,1-3H3/b10-8+/t19-/m1/s1. The monoisotopic (exact) mass is 415 g/mol.